The van der Waals surface area contributed by atoms with Crippen LogP contribution in [-0.4, -0.2) is 67.8 Å². The van der Waals surface area contributed by atoms with Gasteiger partial charge in [-0.25, -0.2) is 13.2 Å². The van der Waals surface area contributed by atoms with Crippen LogP contribution in [0.3, 0.4) is 0 Å². The maximum Gasteiger partial charge on any atom is 0.322 e. The van der Waals surface area contributed by atoms with E-state index < -0.39 is 14.9 Å². The van der Waals surface area contributed by atoms with Gasteiger partial charge in [0.15, 0.2) is 0 Å². The number of halogens is 1. The van der Waals surface area contributed by atoms with E-state index in [4.69, 9.17) is 11.6 Å². The molecule has 178 valence electrons. The number of urea groups is 1. The van der Waals surface area contributed by atoms with Crippen LogP contribution in [0.15, 0.2) is 47.4 Å². The minimum absolute atomic E-state index is 0.0267. The number of hydrogen-bond donors (Lipinski definition) is 1. The molecule has 1 fully saturated rings. The van der Waals surface area contributed by atoms with E-state index >= 15 is 0 Å². The molecule has 2 amide bonds. The number of benzene rings is 2. The molecule has 0 bridgehead atoms. The summed E-state index contributed by atoms with van der Waals surface area (Å²) < 4.78 is 26.9. The molecule has 33 heavy (non-hydrogen) atoms. The quantitative estimate of drug-likeness (QED) is 0.463. The van der Waals surface area contributed by atoms with Crippen molar-refractivity contribution in [2.24, 2.45) is 0 Å². The van der Waals surface area contributed by atoms with Gasteiger partial charge in [-0.05, 0) is 30.3 Å². The minimum atomic E-state index is -3.69. The average molecular weight is 496 g/mol. The van der Waals surface area contributed by atoms with Gasteiger partial charge in [0.2, 0.25) is 10.0 Å². The number of sulfonamides is 1. The van der Waals surface area contributed by atoms with Gasteiger partial charge < -0.3 is 15.1 Å². The highest BCUT2D eigenvalue weighted by Crippen LogP contribution is 2.28. The lowest BCUT2D eigenvalue weighted by Gasteiger charge is -2.36. The van der Waals surface area contributed by atoms with Crippen molar-refractivity contribution in [3.05, 3.63) is 57.6 Å². The Morgan fingerprint density at radius 1 is 1.09 bits per heavy atom. The van der Waals surface area contributed by atoms with Gasteiger partial charge in [-0.1, -0.05) is 25.4 Å². The Kier molecular flexibility index (Phi) is 7.77. The molecule has 0 aliphatic carbocycles. The molecule has 0 unspecified atom stereocenters. The largest absolute Gasteiger partial charge is 0.368 e. The number of carbonyl (C=O) groups is 1. The number of nitro groups is 1. The lowest BCUT2D eigenvalue weighted by atomic mass is 10.2. The maximum atomic E-state index is 12.8. The number of nitrogens with one attached hydrogen (secondary N) is 1. The molecule has 2 aromatic rings. The number of nitro benzene ring substituents is 1. The highest BCUT2D eigenvalue weighted by Gasteiger charge is 2.25. The summed E-state index contributed by atoms with van der Waals surface area (Å²) in [7, 11) is -3.69. The van der Waals surface area contributed by atoms with Crippen molar-refractivity contribution >= 4 is 44.7 Å². The Morgan fingerprint density at radius 2 is 1.70 bits per heavy atom. The van der Waals surface area contributed by atoms with Gasteiger partial charge in [0.05, 0.1) is 20.5 Å². The molecule has 0 spiro atoms. The van der Waals surface area contributed by atoms with Gasteiger partial charge >= 0.3 is 6.03 Å². The second-order valence-electron chi connectivity index (χ2n) is 7.41. The zero-order chi connectivity index (χ0) is 24.2. The van der Waals surface area contributed by atoms with E-state index in [1.54, 1.807) is 30.9 Å². The van der Waals surface area contributed by atoms with Crippen LogP contribution >= 0.6 is 11.6 Å². The molecule has 1 N–H and O–H groups in total. The molecule has 0 saturated carbocycles. The van der Waals surface area contributed by atoms with Gasteiger partial charge in [0, 0.05) is 57.1 Å². The number of piperazine rings is 1. The van der Waals surface area contributed by atoms with E-state index in [1.165, 1.54) is 34.6 Å². The highest BCUT2D eigenvalue weighted by molar-refractivity contribution is 7.89. The third kappa shape index (κ3) is 5.55. The first-order chi connectivity index (χ1) is 15.7. The molecule has 3 rings (SSSR count). The third-order valence-electron chi connectivity index (χ3n) is 5.52. The summed E-state index contributed by atoms with van der Waals surface area (Å²) in [6, 6.07) is 10.2. The lowest BCUT2D eigenvalue weighted by molar-refractivity contribution is -0.384. The van der Waals surface area contributed by atoms with Crippen LogP contribution in [0.4, 0.5) is 21.9 Å². The van der Waals surface area contributed by atoms with E-state index in [9.17, 15) is 23.3 Å². The second-order valence-corrected chi connectivity index (χ2v) is 9.75. The van der Waals surface area contributed by atoms with Crippen LogP contribution < -0.4 is 10.2 Å². The maximum absolute atomic E-state index is 12.8. The fourth-order valence-corrected chi connectivity index (χ4v) is 5.27. The summed E-state index contributed by atoms with van der Waals surface area (Å²) in [5.74, 6) is 0. The monoisotopic (exact) mass is 495 g/mol. The predicted molar refractivity (Wildman–Crippen MR) is 127 cm³/mol. The summed E-state index contributed by atoms with van der Waals surface area (Å²) in [4.78, 5) is 26.9. The van der Waals surface area contributed by atoms with Crippen LogP contribution in [0.2, 0.25) is 5.02 Å². The molecule has 0 radical (unpaired) electrons. The second kappa shape index (κ2) is 10.4. The molecule has 1 saturated heterocycles. The topological polar surface area (TPSA) is 116 Å². The minimum Gasteiger partial charge on any atom is -0.368 e. The zero-order valence-corrected chi connectivity index (χ0v) is 20.0. The molecular formula is C21H26ClN5O5S. The van der Waals surface area contributed by atoms with Gasteiger partial charge in [0.25, 0.3) is 5.69 Å². The Bertz CT molecular complexity index is 1110. The van der Waals surface area contributed by atoms with Crippen LogP contribution in [0, 0.1) is 10.1 Å². The molecule has 12 heteroatoms. The molecule has 1 aliphatic heterocycles. The zero-order valence-electron chi connectivity index (χ0n) is 18.4. The molecule has 1 heterocycles. The SMILES string of the molecule is CCN(CC)S(=O)(=O)c1ccc(Cl)c(NC(=O)N2CCN(c3ccc([N+](=O)[O-])cc3)CC2)c1. The predicted octanol–water partition coefficient (Wildman–Crippen LogP) is 3.63. The first kappa shape index (κ1) is 24.7. The summed E-state index contributed by atoms with van der Waals surface area (Å²) in [5.41, 5.74) is 1.10. The van der Waals surface area contributed by atoms with Crippen molar-refractivity contribution in [1.82, 2.24) is 9.21 Å². The number of nitrogens with zero attached hydrogens (tertiary/aromatic N) is 4. The Labute approximate surface area is 197 Å². The molecule has 0 atom stereocenters. The first-order valence-electron chi connectivity index (χ1n) is 10.5. The van der Waals surface area contributed by atoms with Gasteiger partial charge in [-0.15, -0.1) is 0 Å². The normalized spacial score (nSPS) is 14.4. The average Bonchev–Trinajstić information content (AvgIpc) is 2.81. The number of rotatable bonds is 7. The number of anilines is 2. The van der Waals surface area contributed by atoms with Crippen molar-refractivity contribution in [2.75, 3.05) is 49.5 Å². The fourth-order valence-electron chi connectivity index (χ4n) is 3.62. The van der Waals surface area contributed by atoms with Crippen LogP contribution in [0.5, 0.6) is 0 Å². The summed E-state index contributed by atoms with van der Waals surface area (Å²) >= 11 is 6.22. The standard InChI is InChI=1S/C21H26ClN5O5S/c1-3-26(4-2)33(31,32)18-9-10-19(22)20(15-18)23-21(28)25-13-11-24(12-14-25)16-5-7-17(8-6-16)27(29)30/h5-10,15H,3-4,11-14H2,1-2H3,(H,23,28). The first-order valence-corrected chi connectivity index (χ1v) is 12.3. The number of hydrogen-bond acceptors (Lipinski definition) is 6. The van der Waals surface area contributed by atoms with Crippen molar-refractivity contribution in [3.63, 3.8) is 0 Å². The number of carbonyl (C=O) groups excluding carboxylic acids is 1. The van der Waals surface area contributed by atoms with Gasteiger partial charge in [-0.2, -0.15) is 4.31 Å². The molecule has 2 aromatic carbocycles. The highest BCUT2D eigenvalue weighted by atomic mass is 35.5. The van der Waals surface area contributed by atoms with Crippen molar-refractivity contribution < 1.29 is 18.1 Å². The van der Waals surface area contributed by atoms with Gasteiger partial charge in [-0.3, -0.25) is 10.1 Å². The lowest BCUT2D eigenvalue weighted by Crippen LogP contribution is -2.50. The van der Waals surface area contributed by atoms with Crippen molar-refractivity contribution in [3.8, 4) is 0 Å². The summed E-state index contributed by atoms with van der Waals surface area (Å²) in [6.45, 7) is 6.15. The van der Waals surface area contributed by atoms with Gasteiger partial charge in [0.1, 0.15) is 0 Å². The van der Waals surface area contributed by atoms with E-state index in [0.717, 1.165) is 5.69 Å². The molecule has 1 aliphatic rings. The van der Waals surface area contributed by atoms with Crippen LogP contribution in [0.1, 0.15) is 13.8 Å². The number of non-ortho nitro benzene ring substituents is 1. The van der Waals surface area contributed by atoms with Crippen molar-refractivity contribution in [1.29, 1.82) is 0 Å². The molecular weight excluding hydrogens is 470 g/mol. The fraction of sp³-hybridized carbons (Fsp3) is 0.381. The molecule has 0 aromatic heterocycles. The Morgan fingerprint density at radius 3 is 2.24 bits per heavy atom. The van der Waals surface area contributed by atoms with Crippen LogP contribution in [0.25, 0.3) is 0 Å². The smallest absolute Gasteiger partial charge is 0.322 e. The Balaban J connectivity index is 1.66. The molecule has 10 nitrogen and oxygen atoms in total. The van der Waals surface area contributed by atoms with Crippen molar-refractivity contribution in [2.45, 2.75) is 18.7 Å². The van der Waals surface area contributed by atoms with E-state index in [0.29, 0.717) is 39.3 Å². The van der Waals surface area contributed by atoms with Crippen LogP contribution in [-0.2, 0) is 10.0 Å². The summed E-state index contributed by atoms with van der Waals surface area (Å²) in [5, 5.41) is 13.8. The number of amides is 2. The summed E-state index contributed by atoms with van der Waals surface area (Å²) in [6.07, 6.45) is 0. The van der Waals surface area contributed by atoms with E-state index in [-0.39, 0.29) is 27.3 Å². The van der Waals surface area contributed by atoms with E-state index in [2.05, 4.69) is 5.32 Å². The Hall–Kier alpha value is -2.89. The third-order valence-corrected chi connectivity index (χ3v) is 7.89. The van der Waals surface area contributed by atoms with E-state index in [1.807, 2.05) is 4.90 Å².